The molecule has 0 amide bonds. The van der Waals surface area contributed by atoms with Gasteiger partial charge in [-0.3, -0.25) is 9.39 Å². The van der Waals surface area contributed by atoms with E-state index in [4.69, 9.17) is 4.99 Å². The Morgan fingerprint density at radius 1 is 1.20 bits per heavy atom. The summed E-state index contributed by atoms with van der Waals surface area (Å²) in [6.07, 6.45) is 6.22. The number of aromatic nitrogens is 3. The summed E-state index contributed by atoms with van der Waals surface area (Å²) in [7, 11) is 0. The lowest BCUT2D eigenvalue weighted by molar-refractivity contribution is 0.489. The molecule has 25 heavy (non-hydrogen) atoms. The zero-order valence-electron chi connectivity index (χ0n) is 16.0. The molecule has 2 aromatic rings. The molecule has 138 valence electrons. The van der Waals surface area contributed by atoms with Crippen molar-refractivity contribution >= 4 is 11.6 Å². The molecular weight excluding hydrogens is 312 g/mol. The van der Waals surface area contributed by atoms with Gasteiger partial charge in [0, 0.05) is 31.7 Å². The molecule has 0 fully saturated rings. The van der Waals surface area contributed by atoms with Gasteiger partial charge in [-0.05, 0) is 51.2 Å². The van der Waals surface area contributed by atoms with Gasteiger partial charge in [0.05, 0.1) is 0 Å². The number of fused-ring (bicyclic) bond motifs is 1. The number of rotatable bonds is 9. The highest BCUT2D eigenvalue weighted by Crippen LogP contribution is 2.07. The van der Waals surface area contributed by atoms with Crippen LogP contribution in [0.2, 0.25) is 0 Å². The first-order chi connectivity index (χ1) is 12.1. The number of pyridine rings is 1. The Kier molecular flexibility index (Phi) is 7.70. The number of nitrogens with one attached hydrogen (secondary N) is 2. The van der Waals surface area contributed by atoms with Gasteiger partial charge in [0.25, 0.3) is 0 Å². The lowest BCUT2D eigenvalue weighted by Crippen LogP contribution is -2.42. The van der Waals surface area contributed by atoms with E-state index in [1.54, 1.807) is 0 Å². The van der Waals surface area contributed by atoms with Crippen molar-refractivity contribution in [2.24, 2.45) is 10.9 Å². The Hall–Kier alpha value is -2.11. The largest absolute Gasteiger partial charge is 0.357 e. The van der Waals surface area contributed by atoms with Crippen LogP contribution in [0.25, 0.3) is 5.65 Å². The third-order valence-corrected chi connectivity index (χ3v) is 4.12. The van der Waals surface area contributed by atoms with Gasteiger partial charge in [0.1, 0.15) is 5.82 Å². The van der Waals surface area contributed by atoms with Crippen molar-refractivity contribution < 1.29 is 0 Å². The molecule has 0 aliphatic heterocycles. The maximum absolute atomic E-state index is 4.70. The topological polar surface area (TPSA) is 66.6 Å². The third kappa shape index (κ3) is 6.36. The summed E-state index contributed by atoms with van der Waals surface area (Å²) in [4.78, 5) is 4.70. The summed E-state index contributed by atoms with van der Waals surface area (Å²) in [6, 6.07) is 6.39. The van der Waals surface area contributed by atoms with Crippen LogP contribution < -0.4 is 10.6 Å². The summed E-state index contributed by atoms with van der Waals surface area (Å²) in [6.45, 7) is 10.5. The fourth-order valence-corrected chi connectivity index (χ4v) is 2.70. The monoisotopic (exact) mass is 344 g/mol. The molecule has 2 N–H and O–H groups in total. The zero-order chi connectivity index (χ0) is 18.1. The molecule has 2 rings (SSSR count). The van der Waals surface area contributed by atoms with Crippen molar-refractivity contribution in [3.63, 3.8) is 0 Å². The van der Waals surface area contributed by atoms with E-state index in [2.05, 4.69) is 48.5 Å². The van der Waals surface area contributed by atoms with Gasteiger partial charge < -0.3 is 10.6 Å². The van der Waals surface area contributed by atoms with E-state index < -0.39 is 0 Å². The summed E-state index contributed by atoms with van der Waals surface area (Å²) >= 11 is 0. The van der Waals surface area contributed by atoms with Gasteiger partial charge >= 0.3 is 0 Å². The van der Waals surface area contributed by atoms with Gasteiger partial charge in [-0.2, -0.15) is 0 Å². The number of hydrogen-bond acceptors (Lipinski definition) is 3. The van der Waals surface area contributed by atoms with Gasteiger partial charge in [-0.25, -0.2) is 0 Å². The fraction of sp³-hybridized carbons (Fsp3) is 0.632. The smallest absolute Gasteiger partial charge is 0.191 e. The Labute approximate surface area is 151 Å². The second-order valence-electron chi connectivity index (χ2n) is 6.93. The van der Waals surface area contributed by atoms with Crippen molar-refractivity contribution in [3.05, 3.63) is 30.2 Å². The Morgan fingerprint density at radius 2 is 2.04 bits per heavy atom. The molecule has 0 saturated heterocycles. The summed E-state index contributed by atoms with van der Waals surface area (Å²) in [5, 5.41) is 15.3. The molecule has 2 aromatic heterocycles. The molecule has 0 spiro atoms. The van der Waals surface area contributed by atoms with Crippen LogP contribution in [0, 0.1) is 5.92 Å². The molecule has 0 aliphatic carbocycles. The Bertz CT molecular complexity index is 661. The van der Waals surface area contributed by atoms with Crippen LogP contribution >= 0.6 is 0 Å². The quantitative estimate of drug-likeness (QED) is 0.417. The summed E-state index contributed by atoms with van der Waals surface area (Å²) < 4.78 is 2.04. The molecule has 0 bridgehead atoms. The van der Waals surface area contributed by atoms with Crippen molar-refractivity contribution in [2.75, 3.05) is 13.1 Å². The zero-order valence-corrected chi connectivity index (χ0v) is 16.0. The Morgan fingerprint density at radius 3 is 2.80 bits per heavy atom. The SMILES string of the molecule is CCNC(=NCCCc1nnc2ccccn12)NC(C)CCC(C)C. The molecule has 0 aliphatic rings. The lowest BCUT2D eigenvalue weighted by Gasteiger charge is -2.18. The first-order valence-corrected chi connectivity index (χ1v) is 9.43. The predicted octanol–water partition coefficient (Wildman–Crippen LogP) is 3.04. The standard InChI is InChI=1S/C19H32N6/c1-5-20-19(22-16(4)12-11-15(2)3)21-13-8-10-18-24-23-17-9-6-7-14-25(17)18/h6-7,9,14-16H,5,8,10-13H2,1-4H3,(H2,20,21,22). The van der Waals surface area contributed by atoms with E-state index >= 15 is 0 Å². The van der Waals surface area contributed by atoms with E-state index in [1.807, 2.05) is 28.8 Å². The van der Waals surface area contributed by atoms with Crippen molar-refractivity contribution in [3.8, 4) is 0 Å². The third-order valence-electron chi connectivity index (χ3n) is 4.12. The highest BCUT2D eigenvalue weighted by atomic mass is 15.2. The van der Waals surface area contributed by atoms with Crippen molar-refractivity contribution in [2.45, 2.75) is 59.4 Å². The second kappa shape index (κ2) is 10.0. The molecule has 6 nitrogen and oxygen atoms in total. The molecule has 0 saturated carbocycles. The first kappa shape index (κ1) is 19.2. The van der Waals surface area contributed by atoms with Gasteiger partial charge in [0.15, 0.2) is 11.6 Å². The highest BCUT2D eigenvalue weighted by Gasteiger charge is 2.07. The minimum absolute atomic E-state index is 0.431. The van der Waals surface area contributed by atoms with Crippen LogP contribution in [0.5, 0.6) is 0 Å². The molecule has 1 unspecified atom stereocenters. The number of hydrogen-bond donors (Lipinski definition) is 2. The summed E-state index contributed by atoms with van der Waals surface area (Å²) in [5.74, 6) is 2.64. The average molecular weight is 345 g/mol. The molecular formula is C19H32N6. The number of nitrogens with zero attached hydrogens (tertiary/aromatic N) is 4. The minimum atomic E-state index is 0.431. The molecule has 6 heteroatoms. The van der Waals surface area contributed by atoms with Crippen LogP contribution in [0.3, 0.4) is 0 Å². The Balaban J connectivity index is 1.82. The summed E-state index contributed by atoms with van der Waals surface area (Å²) in [5.41, 5.74) is 0.898. The van der Waals surface area contributed by atoms with Crippen LogP contribution in [-0.2, 0) is 6.42 Å². The normalized spacial score (nSPS) is 13.4. The van der Waals surface area contributed by atoms with Crippen molar-refractivity contribution in [1.29, 1.82) is 0 Å². The molecule has 0 aromatic carbocycles. The van der Waals surface area contributed by atoms with Gasteiger partial charge in [-0.1, -0.05) is 19.9 Å². The molecule has 1 atom stereocenters. The predicted molar refractivity (Wildman–Crippen MR) is 104 cm³/mol. The highest BCUT2D eigenvalue weighted by molar-refractivity contribution is 5.80. The van der Waals surface area contributed by atoms with Crippen LogP contribution in [0.4, 0.5) is 0 Å². The van der Waals surface area contributed by atoms with Crippen LogP contribution in [0.1, 0.15) is 52.8 Å². The molecule has 2 heterocycles. The van der Waals surface area contributed by atoms with E-state index in [0.29, 0.717) is 6.04 Å². The van der Waals surface area contributed by atoms with E-state index in [0.717, 1.165) is 55.7 Å². The van der Waals surface area contributed by atoms with Crippen LogP contribution in [-0.4, -0.2) is 39.7 Å². The number of aryl methyl sites for hydroxylation is 1. The fourth-order valence-electron chi connectivity index (χ4n) is 2.70. The average Bonchev–Trinajstić information content (AvgIpc) is 3.00. The van der Waals surface area contributed by atoms with Crippen molar-refractivity contribution in [1.82, 2.24) is 25.2 Å². The minimum Gasteiger partial charge on any atom is -0.357 e. The van der Waals surface area contributed by atoms with E-state index in [1.165, 1.54) is 6.42 Å². The van der Waals surface area contributed by atoms with E-state index in [9.17, 15) is 0 Å². The first-order valence-electron chi connectivity index (χ1n) is 9.43. The van der Waals surface area contributed by atoms with Gasteiger partial charge in [0.2, 0.25) is 0 Å². The maximum Gasteiger partial charge on any atom is 0.191 e. The number of guanidine groups is 1. The maximum atomic E-state index is 4.70. The number of aliphatic imine (C=N–C) groups is 1. The lowest BCUT2D eigenvalue weighted by atomic mass is 10.0. The second-order valence-corrected chi connectivity index (χ2v) is 6.93. The van der Waals surface area contributed by atoms with Gasteiger partial charge in [-0.15, -0.1) is 10.2 Å². The molecule has 0 radical (unpaired) electrons. The van der Waals surface area contributed by atoms with Crippen LogP contribution in [0.15, 0.2) is 29.4 Å². The van der Waals surface area contributed by atoms with E-state index in [-0.39, 0.29) is 0 Å².